The lowest BCUT2D eigenvalue weighted by atomic mass is 10.3. The number of hydrogen-bond acceptors (Lipinski definition) is 3. The number of nitrogens with zero attached hydrogens (tertiary/aromatic N) is 2. The number of carbonyl (C=O) groups is 1. The largest absolute Gasteiger partial charge is 0.323 e. The molecule has 86 valence electrons. The van der Waals surface area contributed by atoms with Crippen molar-refractivity contribution in [3.8, 4) is 0 Å². The predicted octanol–water partition coefficient (Wildman–Crippen LogP) is 2.43. The third-order valence-corrected chi connectivity index (χ3v) is 2.09. The van der Waals surface area contributed by atoms with Gasteiger partial charge in [-0.15, -0.1) is 0 Å². The summed E-state index contributed by atoms with van der Waals surface area (Å²) in [5.74, 6) is 0. The molecule has 0 radical (unpaired) electrons. The van der Waals surface area contributed by atoms with Crippen molar-refractivity contribution in [1.29, 1.82) is 0 Å². The van der Waals surface area contributed by atoms with Crippen LogP contribution in [0.25, 0.3) is 0 Å². The van der Waals surface area contributed by atoms with Gasteiger partial charge in [-0.2, -0.15) is 0 Å². The Kier molecular flexibility index (Phi) is 3.30. The summed E-state index contributed by atoms with van der Waals surface area (Å²) in [4.78, 5) is 19.6. The number of aryl methyl sites for hydroxylation is 1. The van der Waals surface area contributed by atoms with E-state index in [0.29, 0.717) is 11.4 Å². The molecule has 2 heterocycles. The van der Waals surface area contributed by atoms with Gasteiger partial charge in [0.25, 0.3) is 0 Å². The van der Waals surface area contributed by atoms with Crippen molar-refractivity contribution in [2.45, 2.75) is 6.92 Å². The standard InChI is InChI=1S/C12H12N4O/c1-9-4-5-11(8-14-9)16-12(17)15-10-3-2-6-13-7-10/h2-8H,1H3,(H2,15,16,17). The van der Waals surface area contributed by atoms with Crippen molar-refractivity contribution in [2.24, 2.45) is 0 Å². The normalized spacial score (nSPS) is 9.71. The Morgan fingerprint density at radius 1 is 1.12 bits per heavy atom. The lowest BCUT2D eigenvalue weighted by molar-refractivity contribution is 0.262. The van der Waals surface area contributed by atoms with E-state index in [1.54, 1.807) is 36.8 Å². The highest BCUT2D eigenvalue weighted by Gasteiger charge is 2.02. The zero-order valence-electron chi connectivity index (χ0n) is 9.34. The van der Waals surface area contributed by atoms with Gasteiger partial charge in [-0.3, -0.25) is 9.97 Å². The molecular formula is C12H12N4O. The number of urea groups is 1. The number of carbonyl (C=O) groups excluding carboxylic acids is 1. The summed E-state index contributed by atoms with van der Waals surface area (Å²) in [6.45, 7) is 1.89. The minimum absolute atomic E-state index is 0.316. The van der Waals surface area contributed by atoms with Gasteiger partial charge in [0.1, 0.15) is 0 Å². The van der Waals surface area contributed by atoms with Crippen molar-refractivity contribution >= 4 is 17.4 Å². The van der Waals surface area contributed by atoms with Crippen molar-refractivity contribution in [3.63, 3.8) is 0 Å². The van der Waals surface area contributed by atoms with E-state index in [9.17, 15) is 4.79 Å². The molecule has 0 saturated heterocycles. The van der Waals surface area contributed by atoms with Crippen LogP contribution in [-0.2, 0) is 0 Å². The van der Waals surface area contributed by atoms with Gasteiger partial charge in [-0.05, 0) is 31.2 Å². The van der Waals surface area contributed by atoms with E-state index in [1.807, 2.05) is 13.0 Å². The Labute approximate surface area is 98.9 Å². The lowest BCUT2D eigenvalue weighted by Crippen LogP contribution is -2.19. The summed E-state index contributed by atoms with van der Waals surface area (Å²) in [5.41, 5.74) is 2.20. The molecule has 2 aromatic heterocycles. The summed E-state index contributed by atoms with van der Waals surface area (Å²) >= 11 is 0. The molecule has 17 heavy (non-hydrogen) atoms. The van der Waals surface area contributed by atoms with Gasteiger partial charge < -0.3 is 10.6 Å². The van der Waals surface area contributed by atoms with Gasteiger partial charge in [0.05, 0.1) is 23.8 Å². The third kappa shape index (κ3) is 3.27. The molecule has 2 amide bonds. The van der Waals surface area contributed by atoms with Crippen LogP contribution in [0.4, 0.5) is 16.2 Å². The van der Waals surface area contributed by atoms with Gasteiger partial charge >= 0.3 is 6.03 Å². The quantitative estimate of drug-likeness (QED) is 0.829. The zero-order chi connectivity index (χ0) is 12.1. The maximum absolute atomic E-state index is 11.6. The molecule has 2 rings (SSSR count). The summed E-state index contributed by atoms with van der Waals surface area (Å²) in [6, 6.07) is 6.83. The van der Waals surface area contributed by atoms with E-state index < -0.39 is 0 Å². The first-order valence-corrected chi connectivity index (χ1v) is 5.15. The summed E-state index contributed by atoms with van der Waals surface area (Å²) in [6.07, 6.45) is 4.83. The van der Waals surface area contributed by atoms with E-state index in [1.165, 1.54) is 0 Å². The van der Waals surface area contributed by atoms with E-state index >= 15 is 0 Å². The van der Waals surface area contributed by atoms with Crippen LogP contribution in [0.3, 0.4) is 0 Å². The number of aromatic nitrogens is 2. The topological polar surface area (TPSA) is 66.9 Å². The van der Waals surface area contributed by atoms with E-state index in [4.69, 9.17) is 0 Å². The first-order chi connectivity index (χ1) is 8.24. The molecule has 0 fully saturated rings. The van der Waals surface area contributed by atoms with E-state index in [0.717, 1.165) is 5.69 Å². The Balaban J connectivity index is 1.96. The molecule has 5 nitrogen and oxygen atoms in total. The van der Waals surface area contributed by atoms with Crippen LogP contribution >= 0.6 is 0 Å². The molecule has 0 aromatic carbocycles. The summed E-state index contributed by atoms with van der Waals surface area (Å²) in [5, 5.41) is 5.34. The Morgan fingerprint density at radius 3 is 2.47 bits per heavy atom. The molecule has 0 atom stereocenters. The fourth-order valence-electron chi connectivity index (χ4n) is 1.27. The number of anilines is 2. The molecule has 0 aliphatic heterocycles. The van der Waals surface area contributed by atoms with E-state index in [2.05, 4.69) is 20.6 Å². The van der Waals surface area contributed by atoms with Gasteiger partial charge in [-0.1, -0.05) is 0 Å². The Morgan fingerprint density at radius 2 is 1.88 bits per heavy atom. The third-order valence-electron chi connectivity index (χ3n) is 2.09. The van der Waals surface area contributed by atoms with Crippen molar-refractivity contribution in [2.75, 3.05) is 10.6 Å². The first kappa shape index (κ1) is 11.1. The summed E-state index contributed by atoms with van der Waals surface area (Å²) in [7, 11) is 0. The second-order valence-corrected chi connectivity index (χ2v) is 3.51. The molecule has 0 unspecified atom stereocenters. The Hall–Kier alpha value is -2.43. The second-order valence-electron chi connectivity index (χ2n) is 3.51. The zero-order valence-corrected chi connectivity index (χ0v) is 9.34. The first-order valence-electron chi connectivity index (χ1n) is 5.15. The SMILES string of the molecule is Cc1ccc(NC(=O)Nc2cccnc2)cn1. The van der Waals surface area contributed by atoms with Gasteiger partial charge in [0.2, 0.25) is 0 Å². The highest BCUT2D eigenvalue weighted by molar-refractivity contribution is 5.99. The van der Waals surface area contributed by atoms with Crippen LogP contribution in [-0.4, -0.2) is 16.0 Å². The number of rotatable bonds is 2. The number of pyridine rings is 2. The van der Waals surface area contributed by atoms with Gasteiger partial charge in [0.15, 0.2) is 0 Å². The average Bonchev–Trinajstić information content (AvgIpc) is 2.33. The number of nitrogens with one attached hydrogen (secondary N) is 2. The second kappa shape index (κ2) is 5.07. The van der Waals surface area contributed by atoms with Crippen LogP contribution in [0, 0.1) is 6.92 Å². The number of hydrogen-bond donors (Lipinski definition) is 2. The maximum atomic E-state index is 11.6. The van der Waals surface area contributed by atoms with E-state index in [-0.39, 0.29) is 6.03 Å². The predicted molar refractivity (Wildman–Crippen MR) is 65.9 cm³/mol. The highest BCUT2D eigenvalue weighted by atomic mass is 16.2. The molecule has 0 bridgehead atoms. The van der Waals surface area contributed by atoms with Crippen molar-refractivity contribution < 1.29 is 4.79 Å². The van der Waals surface area contributed by atoms with Crippen LogP contribution in [0.5, 0.6) is 0 Å². The molecule has 0 aliphatic rings. The molecule has 0 saturated carbocycles. The fourth-order valence-corrected chi connectivity index (χ4v) is 1.27. The van der Waals surface area contributed by atoms with Gasteiger partial charge in [-0.25, -0.2) is 4.79 Å². The van der Waals surface area contributed by atoms with Crippen LogP contribution in [0.15, 0.2) is 42.9 Å². The lowest BCUT2D eigenvalue weighted by Gasteiger charge is -2.06. The number of amides is 2. The minimum Gasteiger partial charge on any atom is -0.306 e. The molecule has 0 spiro atoms. The molecule has 5 heteroatoms. The van der Waals surface area contributed by atoms with Crippen molar-refractivity contribution in [1.82, 2.24) is 9.97 Å². The van der Waals surface area contributed by atoms with Crippen LogP contribution < -0.4 is 10.6 Å². The minimum atomic E-state index is -0.316. The molecule has 2 aromatic rings. The average molecular weight is 228 g/mol. The molecule has 0 aliphatic carbocycles. The fraction of sp³-hybridized carbons (Fsp3) is 0.0833. The van der Waals surface area contributed by atoms with Crippen LogP contribution in [0.2, 0.25) is 0 Å². The van der Waals surface area contributed by atoms with Crippen molar-refractivity contribution in [3.05, 3.63) is 48.5 Å². The molecular weight excluding hydrogens is 216 g/mol. The highest BCUT2D eigenvalue weighted by Crippen LogP contribution is 2.07. The maximum Gasteiger partial charge on any atom is 0.323 e. The van der Waals surface area contributed by atoms with Gasteiger partial charge in [0, 0.05) is 11.9 Å². The smallest absolute Gasteiger partial charge is 0.306 e. The Bertz CT molecular complexity index is 496. The molecule has 2 N–H and O–H groups in total. The monoisotopic (exact) mass is 228 g/mol. The van der Waals surface area contributed by atoms with Crippen LogP contribution in [0.1, 0.15) is 5.69 Å². The summed E-state index contributed by atoms with van der Waals surface area (Å²) < 4.78 is 0.